The lowest BCUT2D eigenvalue weighted by Gasteiger charge is -2.12. The Bertz CT molecular complexity index is 917. The van der Waals surface area contributed by atoms with Crippen molar-refractivity contribution in [2.24, 2.45) is 5.73 Å². The van der Waals surface area contributed by atoms with Gasteiger partial charge in [-0.1, -0.05) is 24.6 Å². The third kappa shape index (κ3) is 14.5. The van der Waals surface area contributed by atoms with Crippen molar-refractivity contribution in [2.75, 3.05) is 27.6 Å². The Morgan fingerprint density at radius 2 is 1.75 bits per heavy atom. The molecule has 0 bridgehead atoms. The Labute approximate surface area is 210 Å². The molecule has 0 aliphatic heterocycles. The van der Waals surface area contributed by atoms with Gasteiger partial charge in [-0.15, -0.1) is 0 Å². The number of carbonyl (C=O) groups is 3. The Kier molecular flexibility index (Phi) is 16.7. The van der Waals surface area contributed by atoms with Gasteiger partial charge in [0.15, 0.2) is 17.2 Å². The molecule has 1 heterocycles. The molecule has 1 aromatic carbocycles. The number of methoxy groups -OCH3 is 2. The third-order valence-corrected chi connectivity index (χ3v) is 4.15. The molecule has 0 fully saturated rings. The van der Waals surface area contributed by atoms with Crippen molar-refractivity contribution in [2.45, 2.75) is 46.6 Å². The summed E-state index contributed by atoms with van der Waals surface area (Å²) >= 11 is 0. The number of rotatable bonds is 10. The number of hydrogen-bond acceptors (Lipinski definition) is 9. The van der Waals surface area contributed by atoms with Gasteiger partial charge in [-0.3, -0.25) is 14.4 Å². The van der Waals surface area contributed by atoms with Gasteiger partial charge in [0.2, 0.25) is 6.79 Å². The van der Waals surface area contributed by atoms with Crippen LogP contribution in [-0.2, 0) is 23.8 Å². The average molecular weight is 511 g/mol. The van der Waals surface area contributed by atoms with Crippen LogP contribution in [-0.4, -0.2) is 56.6 Å². The number of hydrogen-bond donors (Lipinski definition) is 1. The molecule has 0 radical (unpaired) electrons. The maximum Gasteiger partial charge on any atom is 0.305 e. The van der Waals surface area contributed by atoms with Crippen molar-refractivity contribution in [3.63, 3.8) is 0 Å². The van der Waals surface area contributed by atoms with Gasteiger partial charge in [-0.25, -0.2) is 9.37 Å². The van der Waals surface area contributed by atoms with Crippen LogP contribution < -0.4 is 15.2 Å². The molecule has 200 valence electrons. The summed E-state index contributed by atoms with van der Waals surface area (Å²) in [5.41, 5.74) is 6.13. The number of nitrogens with two attached hydrogens (primary N) is 1. The van der Waals surface area contributed by atoms with Crippen LogP contribution in [0.1, 0.15) is 49.7 Å². The zero-order valence-electron chi connectivity index (χ0n) is 21.5. The van der Waals surface area contributed by atoms with E-state index >= 15 is 0 Å². The van der Waals surface area contributed by atoms with E-state index in [1.807, 2.05) is 13.8 Å². The number of carbonyl (C=O) groups excluding carboxylic acids is 3. The first-order valence-corrected chi connectivity index (χ1v) is 11.0. The molecule has 0 aliphatic rings. The predicted molar refractivity (Wildman–Crippen MR) is 130 cm³/mol. The van der Waals surface area contributed by atoms with Gasteiger partial charge in [-0.2, -0.15) is 0 Å². The second kappa shape index (κ2) is 18.6. The summed E-state index contributed by atoms with van der Waals surface area (Å²) in [5.74, 6) is -1.26. The summed E-state index contributed by atoms with van der Waals surface area (Å²) in [7, 11) is 3.03. The monoisotopic (exact) mass is 510 g/mol. The molecule has 0 saturated heterocycles. The summed E-state index contributed by atoms with van der Waals surface area (Å²) < 4.78 is 36.6. The summed E-state index contributed by atoms with van der Waals surface area (Å²) in [4.78, 5) is 36.2. The molecule has 2 N–H and O–H groups in total. The number of halogens is 1. The second-order valence-corrected chi connectivity index (χ2v) is 7.18. The lowest BCUT2D eigenvalue weighted by molar-refractivity contribution is -0.149. The van der Waals surface area contributed by atoms with Crippen LogP contribution in [0.15, 0.2) is 36.5 Å². The largest absolute Gasteiger partial charge is 0.493 e. The molecule has 0 aliphatic carbocycles. The Balaban J connectivity index is 0.000000553. The van der Waals surface area contributed by atoms with Gasteiger partial charge in [0.25, 0.3) is 5.91 Å². The van der Waals surface area contributed by atoms with Crippen molar-refractivity contribution in [3.05, 3.63) is 53.6 Å². The summed E-state index contributed by atoms with van der Waals surface area (Å²) in [6, 6.07) is 7.89. The lowest BCUT2D eigenvalue weighted by atomic mass is 10.2. The SMILES string of the molecule is CCC(=O)OC(C)CCOC.COc1ccnc(C(N)=O)c1OCOC(C)=O.Cc1ccc(F)cc1. The molecule has 1 atom stereocenters. The minimum absolute atomic E-state index is 0.0256. The summed E-state index contributed by atoms with van der Waals surface area (Å²) in [5, 5.41) is 0. The minimum atomic E-state index is -0.762. The van der Waals surface area contributed by atoms with Gasteiger partial charge in [0, 0.05) is 45.7 Å². The van der Waals surface area contributed by atoms with Crippen molar-refractivity contribution in [3.8, 4) is 11.5 Å². The lowest BCUT2D eigenvalue weighted by Crippen LogP contribution is -2.17. The van der Waals surface area contributed by atoms with Crippen molar-refractivity contribution in [1.82, 2.24) is 4.98 Å². The fourth-order valence-corrected chi connectivity index (χ4v) is 2.26. The molecular formula is C25H35FN2O8. The van der Waals surface area contributed by atoms with Crippen LogP contribution in [0.5, 0.6) is 11.5 Å². The number of esters is 2. The van der Waals surface area contributed by atoms with E-state index in [9.17, 15) is 18.8 Å². The standard InChI is InChI=1S/C10H12N2O5.C8H16O3.C7H7F/c1-6(13)16-5-17-9-7(15-2)3-4-12-8(9)10(11)14;1-4-8(9)11-7(2)5-6-10-3;1-6-2-4-7(8)5-3-6/h3-4H,5H2,1-2H3,(H2,11,14);7H,4-6H2,1-3H3;2-5H,1H3. The van der Waals surface area contributed by atoms with E-state index in [4.69, 9.17) is 24.7 Å². The minimum Gasteiger partial charge on any atom is -0.493 e. The predicted octanol–water partition coefficient (Wildman–Crippen LogP) is 3.59. The van der Waals surface area contributed by atoms with Crippen LogP contribution in [0, 0.1) is 12.7 Å². The molecular weight excluding hydrogens is 475 g/mol. The molecule has 2 rings (SSSR count). The maximum atomic E-state index is 12.1. The number of benzene rings is 1. The first-order valence-electron chi connectivity index (χ1n) is 11.0. The Morgan fingerprint density at radius 3 is 2.22 bits per heavy atom. The van der Waals surface area contributed by atoms with Crippen LogP contribution >= 0.6 is 0 Å². The molecule has 11 heteroatoms. The van der Waals surface area contributed by atoms with E-state index in [1.54, 1.807) is 26.2 Å². The summed E-state index contributed by atoms with van der Waals surface area (Å²) in [6.45, 7) is 7.10. The van der Waals surface area contributed by atoms with Crippen molar-refractivity contribution in [1.29, 1.82) is 0 Å². The topological polar surface area (TPSA) is 136 Å². The first-order chi connectivity index (χ1) is 17.0. The molecule has 1 unspecified atom stereocenters. The second-order valence-electron chi connectivity index (χ2n) is 7.18. The first kappa shape index (κ1) is 32.3. The van der Waals surface area contributed by atoms with Crippen molar-refractivity contribution >= 4 is 17.8 Å². The molecule has 1 aromatic heterocycles. The fourth-order valence-electron chi connectivity index (χ4n) is 2.26. The van der Waals surface area contributed by atoms with E-state index < -0.39 is 11.9 Å². The van der Waals surface area contributed by atoms with Gasteiger partial charge in [0.1, 0.15) is 11.9 Å². The zero-order valence-corrected chi connectivity index (χ0v) is 21.5. The smallest absolute Gasteiger partial charge is 0.305 e. The van der Waals surface area contributed by atoms with Gasteiger partial charge in [-0.05, 0) is 26.0 Å². The molecule has 0 spiro atoms. The van der Waals surface area contributed by atoms with Crippen LogP contribution in [0.3, 0.4) is 0 Å². The number of amides is 1. The Morgan fingerprint density at radius 1 is 1.11 bits per heavy atom. The van der Waals surface area contributed by atoms with E-state index in [0.29, 0.717) is 13.0 Å². The highest BCUT2D eigenvalue weighted by Gasteiger charge is 2.16. The van der Waals surface area contributed by atoms with Crippen LogP contribution in [0.2, 0.25) is 0 Å². The Hall–Kier alpha value is -3.73. The number of primary amides is 1. The molecule has 2 aromatic rings. The number of pyridine rings is 1. The molecule has 10 nitrogen and oxygen atoms in total. The number of aromatic nitrogens is 1. The highest BCUT2D eigenvalue weighted by Crippen LogP contribution is 2.29. The molecule has 36 heavy (non-hydrogen) atoms. The quantitative estimate of drug-likeness (QED) is 0.375. The molecule has 1 amide bonds. The van der Waals surface area contributed by atoms with E-state index in [1.165, 1.54) is 38.4 Å². The number of nitrogens with zero attached hydrogens (tertiary/aromatic N) is 1. The van der Waals surface area contributed by atoms with Gasteiger partial charge < -0.3 is 29.4 Å². The maximum absolute atomic E-state index is 12.1. The van der Waals surface area contributed by atoms with Crippen LogP contribution in [0.25, 0.3) is 0 Å². The van der Waals surface area contributed by atoms with Gasteiger partial charge in [0.05, 0.1) is 7.11 Å². The highest BCUT2D eigenvalue weighted by molar-refractivity contribution is 5.94. The average Bonchev–Trinajstić information content (AvgIpc) is 2.85. The zero-order chi connectivity index (χ0) is 27.5. The van der Waals surface area contributed by atoms with Gasteiger partial charge >= 0.3 is 11.9 Å². The number of ether oxygens (including phenoxy) is 5. The molecule has 0 saturated carbocycles. The third-order valence-electron chi connectivity index (χ3n) is 4.15. The van der Waals surface area contributed by atoms with Crippen LogP contribution in [0.4, 0.5) is 4.39 Å². The fraction of sp³-hybridized carbons (Fsp3) is 0.440. The van der Waals surface area contributed by atoms with Crippen molar-refractivity contribution < 1.29 is 42.5 Å². The summed E-state index contributed by atoms with van der Waals surface area (Å²) in [6.07, 6.45) is 2.54. The highest BCUT2D eigenvalue weighted by atomic mass is 19.1. The number of aryl methyl sites for hydroxylation is 1. The van der Waals surface area contributed by atoms with E-state index in [-0.39, 0.29) is 41.9 Å². The normalized spacial score (nSPS) is 10.4. The van der Waals surface area contributed by atoms with E-state index in [2.05, 4.69) is 9.72 Å². The van der Waals surface area contributed by atoms with E-state index in [0.717, 1.165) is 12.0 Å².